The lowest BCUT2D eigenvalue weighted by molar-refractivity contribution is -0.274. The predicted octanol–water partition coefficient (Wildman–Crippen LogP) is 3.04. The van der Waals surface area contributed by atoms with Gasteiger partial charge in [-0.15, -0.1) is 13.2 Å². The molecule has 146 valence electrons. The van der Waals surface area contributed by atoms with Gasteiger partial charge in [-0.05, 0) is 56.5 Å². The lowest BCUT2D eigenvalue weighted by Crippen LogP contribution is -2.48. The topological polar surface area (TPSA) is 91.6 Å². The van der Waals surface area contributed by atoms with Crippen molar-refractivity contribution in [2.75, 3.05) is 6.61 Å². The SMILES string of the molecule is CC(C#N)(COC1=CCCCC1O)NC(=O)c1ccc(OC(F)(F)F)cc1. The van der Waals surface area contributed by atoms with Crippen LogP contribution in [0, 0.1) is 11.3 Å². The molecule has 0 heterocycles. The van der Waals surface area contributed by atoms with Crippen LogP contribution in [0.4, 0.5) is 13.2 Å². The van der Waals surface area contributed by atoms with E-state index in [0.717, 1.165) is 37.1 Å². The summed E-state index contributed by atoms with van der Waals surface area (Å²) in [5.74, 6) is -0.742. The second-order valence-electron chi connectivity index (χ2n) is 6.31. The first-order valence-electron chi connectivity index (χ1n) is 8.22. The molecule has 1 aromatic rings. The molecule has 1 aromatic carbocycles. The molecule has 2 atom stereocenters. The monoisotopic (exact) mass is 384 g/mol. The molecule has 0 bridgehead atoms. The van der Waals surface area contributed by atoms with Crippen molar-refractivity contribution >= 4 is 5.91 Å². The number of hydrogen-bond acceptors (Lipinski definition) is 5. The van der Waals surface area contributed by atoms with Crippen LogP contribution in [0.5, 0.6) is 5.75 Å². The van der Waals surface area contributed by atoms with Crippen LogP contribution in [0.25, 0.3) is 0 Å². The van der Waals surface area contributed by atoms with Crippen molar-refractivity contribution in [1.82, 2.24) is 5.32 Å². The number of carbonyl (C=O) groups excluding carboxylic acids is 1. The zero-order valence-electron chi connectivity index (χ0n) is 14.5. The number of aliphatic hydroxyl groups excluding tert-OH is 1. The third kappa shape index (κ3) is 6.18. The van der Waals surface area contributed by atoms with Gasteiger partial charge in [-0.1, -0.05) is 0 Å². The van der Waals surface area contributed by atoms with Crippen LogP contribution in [0.15, 0.2) is 36.1 Å². The van der Waals surface area contributed by atoms with Gasteiger partial charge in [-0.25, -0.2) is 0 Å². The first-order chi connectivity index (χ1) is 12.6. The standard InChI is InChI=1S/C18H19F3N2O4/c1-17(10-22,11-26-15-5-3-2-4-14(15)24)23-16(25)12-6-8-13(9-7-12)27-18(19,20)21/h5-9,14,24H,2-4,11H2,1H3,(H,23,25). The molecule has 0 spiro atoms. The van der Waals surface area contributed by atoms with Crippen molar-refractivity contribution in [1.29, 1.82) is 5.26 Å². The molecule has 2 unspecified atom stereocenters. The van der Waals surface area contributed by atoms with Crippen LogP contribution < -0.4 is 10.1 Å². The van der Waals surface area contributed by atoms with Gasteiger partial charge in [0.15, 0.2) is 5.54 Å². The summed E-state index contributed by atoms with van der Waals surface area (Å²) in [7, 11) is 0. The van der Waals surface area contributed by atoms with Crippen molar-refractivity contribution in [3.8, 4) is 11.8 Å². The number of rotatable bonds is 6. The van der Waals surface area contributed by atoms with Crippen molar-refractivity contribution < 1.29 is 32.5 Å². The predicted molar refractivity (Wildman–Crippen MR) is 88.5 cm³/mol. The van der Waals surface area contributed by atoms with E-state index in [2.05, 4.69) is 10.1 Å². The smallest absolute Gasteiger partial charge is 0.492 e. The van der Waals surface area contributed by atoms with Gasteiger partial charge in [0.05, 0.1) is 6.07 Å². The number of amides is 1. The number of allylic oxidation sites excluding steroid dienone is 1. The summed E-state index contributed by atoms with van der Waals surface area (Å²) >= 11 is 0. The van der Waals surface area contributed by atoms with Crippen molar-refractivity contribution in [3.05, 3.63) is 41.7 Å². The summed E-state index contributed by atoms with van der Waals surface area (Å²) in [6.07, 6.45) is -1.65. The Kier molecular flexibility index (Phi) is 6.33. The van der Waals surface area contributed by atoms with E-state index in [4.69, 9.17) is 4.74 Å². The number of nitrogens with zero attached hydrogens (tertiary/aromatic N) is 1. The van der Waals surface area contributed by atoms with Gasteiger partial charge in [-0.2, -0.15) is 5.26 Å². The van der Waals surface area contributed by atoms with Crippen LogP contribution in [0.1, 0.15) is 36.5 Å². The number of alkyl halides is 3. The minimum absolute atomic E-state index is 0.0583. The number of benzene rings is 1. The largest absolute Gasteiger partial charge is 0.573 e. The van der Waals surface area contributed by atoms with E-state index in [1.807, 2.05) is 6.07 Å². The molecular formula is C18H19F3N2O4. The summed E-state index contributed by atoms with van der Waals surface area (Å²) in [4.78, 5) is 12.3. The lowest BCUT2D eigenvalue weighted by atomic mass is 10.0. The Balaban J connectivity index is 1.99. The highest BCUT2D eigenvalue weighted by atomic mass is 19.4. The first kappa shape index (κ1) is 20.6. The minimum atomic E-state index is -4.82. The lowest BCUT2D eigenvalue weighted by Gasteiger charge is -2.27. The first-order valence-corrected chi connectivity index (χ1v) is 8.22. The fraction of sp³-hybridized carbons (Fsp3) is 0.444. The number of aliphatic hydroxyl groups is 1. The Morgan fingerprint density at radius 1 is 1.37 bits per heavy atom. The number of halogens is 3. The third-order valence-electron chi connectivity index (χ3n) is 3.87. The Morgan fingerprint density at radius 3 is 2.59 bits per heavy atom. The Bertz CT molecular complexity index is 740. The highest BCUT2D eigenvalue weighted by molar-refractivity contribution is 5.95. The second kappa shape index (κ2) is 8.31. The van der Waals surface area contributed by atoms with E-state index in [9.17, 15) is 28.3 Å². The van der Waals surface area contributed by atoms with Crippen LogP contribution in [0.2, 0.25) is 0 Å². The number of hydrogen-bond donors (Lipinski definition) is 2. The molecule has 0 radical (unpaired) electrons. The van der Waals surface area contributed by atoms with Crippen LogP contribution >= 0.6 is 0 Å². The second-order valence-corrected chi connectivity index (χ2v) is 6.31. The summed E-state index contributed by atoms with van der Waals surface area (Å²) in [6.45, 7) is 1.26. The van der Waals surface area contributed by atoms with E-state index in [-0.39, 0.29) is 12.2 Å². The van der Waals surface area contributed by atoms with Gasteiger partial charge in [0.1, 0.15) is 24.2 Å². The molecule has 0 aromatic heterocycles. The maximum absolute atomic E-state index is 12.3. The molecule has 1 aliphatic carbocycles. The third-order valence-corrected chi connectivity index (χ3v) is 3.87. The van der Waals surface area contributed by atoms with Crippen LogP contribution in [-0.4, -0.2) is 35.6 Å². The molecule has 0 saturated carbocycles. The van der Waals surface area contributed by atoms with Gasteiger partial charge in [0, 0.05) is 5.56 Å². The average Bonchev–Trinajstić information content (AvgIpc) is 2.60. The average molecular weight is 384 g/mol. The Morgan fingerprint density at radius 2 is 2.04 bits per heavy atom. The van der Waals surface area contributed by atoms with Gasteiger partial charge in [0.25, 0.3) is 5.91 Å². The zero-order chi connectivity index (χ0) is 20.1. The highest BCUT2D eigenvalue weighted by Crippen LogP contribution is 2.23. The molecule has 2 N–H and O–H groups in total. The molecular weight excluding hydrogens is 365 g/mol. The van der Waals surface area contributed by atoms with Crippen molar-refractivity contribution in [3.63, 3.8) is 0 Å². The molecule has 1 aliphatic rings. The van der Waals surface area contributed by atoms with Crippen LogP contribution in [-0.2, 0) is 4.74 Å². The number of carbonyl (C=O) groups is 1. The molecule has 0 aliphatic heterocycles. The molecule has 0 saturated heterocycles. The highest BCUT2D eigenvalue weighted by Gasteiger charge is 2.32. The van der Waals surface area contributed by atoms with E-state index in [1.54, 1.807) is 6.08 Å². The summed E-state index contributed by atoms with van der Waals surface area (Å²) in [6, 6.07) is 6.26. The summed E-state index contributed by atoms with van der Waals surface area (Å²) < 4.78 is 45.7. The maximum atomic E-state index is 12.3. The maximum Gasteiger partial charge on any atom is 0.573 e. The van der Waals surface area contributed by atoms with E-state index in [1.165, 1.54) is 6.92 Å². The van der Waals surface area contributed by atoms with E-state index in [0.29, 0.717) is 12.2 Å². The number of nitrogens with one attached hydrogen (secondary N) is 1. The van der Waals surface area contributed by atoms with Gasteiger partial charge in [0.2, 0.25) is 0 Å². The number of nitriles is 1. The van der Waals surface area contributed by atoms with Crippen molar-refractivity contribution in [2.24, 2.45) is 0 Å². The Hall–Kier alpha value is -2.73. The molecule has 9 heteroatoms. The van der Waals surface area contributed by atoms with Gasteiger partial charge in [-0.3, -0.25) is 4.79 Å². The molecule has 0 fully saturated rings. The molecule has 27 heavy (non-hydrogen) atoms. The van der Waals surface area contributed by atoms with Crippen molar-refractivity contribution in [2.45, 2.75) is 44.2 Å². The van der Waals surface area contributed by atoms with Gasteiger partial charge >= 0.3 is 6.36 Å². The normalized spacial score (nSPS) is 19.3. The van der Waals surface area contributed by atoms with E-state index >= 15 is 0 Å². The Labute approximate surface area is 154 Å². The minimum Gasteiger partial charge on any atom is -0.492 e. The summed E-state index contributed by atoms with van der Waals surface area (Å²) in [5.41, 5.74) is -1.33. The fourth-order valence-electron chi connectivity index (χ4n) is 2.44. The zero-order valence-corrected chi connectivity index (χ0v) is 14.5. The summed E-state index contributed by atoms with van der Waals surface area (Å²) in [5, 5.41) is 21.7. The molecule has 1 amide bonds. The molecule has 2 rings (SSSR count). The fourth-order valence-corrected chi connectivity index (χ4v) is 2.44. The quantitative estimate of drug-likeness (QED) is 0.787. The number of ether oxygens (including phenoxy) is 2. The van der Waals surface area contributed by atoms with Crippen LogP contribution in [0.3, 0.4) is 0 Å². The van der Waals surface area contributed by atoms with E-state index < -0.39 is 29.7 Å². The van der Waals surface area contributed by atoms with Gasteiger partial charge < -0.3 is 19.9 Å². The molecule has 6 nitrogen and oxygen atoms in total.